The molecular formula is C51H79NO13. The number of allylic oxidation sites excluding steroid dienone is 6. The van der Waals surface area contributed by atoms with Crippen LogP contribution in [0.15, 0.2) is 47.6 Å². The van der Waals surface area contributed by atoms with Crippen molar-refractivity contribution < 1.29 is 67.1 Å². The summed E-state index contributed by atoms with van der Waals surface area (Å²) in [5, 5.41) is 33.9. The summed E-state index contributed by atoms with van der Waals surface area (Å²) in [7, 11) is 0.102. The number of hydrogen-bond donors (Lipinski definition) is 3. The van der Waals surface area contributed by atoms with Gasteiger partial charge < -0.3 is 43.9 Å². The lowest BCUT2D eigenvalue weighted by atomic mass is 9.78. The highest BCUT2D eigenvalue weighted by Gasteiger charge is 2.53. The number of hydrogen-bond acceptors (Lipinski definition) is 13. The molecule has 0 radical (unpaired) electrons. The molecule has 1 saturated carbocycles. The van der Waals surface area contributed by atoms with E-state index < -0.39 is 90.9 Å². The molecule has 14 heteroatoms. The molecule has 15 atom stereocenters. The van der Waals surface area contributed by atoms with Gasteiger partial charge in [0.05, 0.1) is 28.5 Å². The molecule has 2 bridgehead atoms. The number of fused-ring (bicyclic) bond motifs is 3. The van der Waals surface area contributed by atoms with E-state index >= 15 is 0 Å². The van der Waals surface area contributed by atoms with E-state index in [1.54, 1.807) is 72.1 Å². The van der Waals surface area contributed by atoms with Crippen LogP contribution in [0.5, 0.6) is 0 Å². The zero-order chi connectivity index (χ0) is 50.7. The molecule has 1 amide bonds. The Kier molecular flexibility index (Phi) is 19.1. The zero-order valence-corrected chi connectivity index (χ0v) is 40.1. The first kappa shape index (κ1) is 49.5. The second-order valence-corrected chi connectivity index (χ2v) is 19.5. The molecule has 2 saturated heterocycles. The lowest BCUT2D eigenvalue weighted by molar-refractivity contribution is -0.265. The van der Waals surface area contributed by atoms with E-state index in [1.165, 1.54) is 7.11 Å². The van der Waals surface area contributed by atoms with Crippen LogP contribution < -0.4 is 0 Å². The van der Waals surface area contributed by atoms with Crippen LogP contribution in [0.3, 0.4) is 0 Å². The maximum absolute atomic E-state index is 14.4. The number of esters is 1. The summed E-state index contributed by atoms with van der Waals surface area (Å²) in [5.74, 6) is -8.82. The van der Waals surface area contributed by atoms with Crippen molar-refractivity contribution in [2.45, 2.75) is 180 Å². The van der Waals surface area contributed by atoms with E-state index in [2.05, 4.69) is 0 Å². The quantitative estimate of drug-likeness (QED) is 0.155. The van der Waals surface area contributed by atoms with Crippen molar-refractivity contribution >= 4 is 29.2 Å². The van der Waals surface area contributed by atoms with Gasteiger partial charge in [-0.25, -0.2) is 4.79 Å². The van der Waals surface area contributed by atoms with Crippen molar-refractivity contribution in [3.8, 4) is 0 Å². The molecule has 4 rings (SSSR count). The summed E-state index contributed by atoms with van der Waals surface area (Å²) >= 11 is 0. The summed E-state index contributed by atoms with van der Waals surface area (Å²) < 4.78 is 52.5. The first-order chi connectivity index (χ1) is 31.9. The highest BCUT2D eigenvalue weighted by molar-refractivity contribution is 6.39. The molecule has 0 aromatic heterocycles. The molecule has 0 aromatic rings. The molecule has 3 N–H and O–H groups in total. The number of cyclic esters (lactones) is 1. The van der Waals surface area contributed by atoms with E-state index in [4.69, 9.17) is 27.8 Å². The molecule has 14 nitrogen and oxygen atoms in total. The van der Waals surface area contributed by atoms with Crippen molar-refractivity contribution in [3.05, 3.63) is 47.6 Å². The van der Waals surface area contributed by atoms with Crippen LogP contribution in [0.25, 0.3) is 0 Å². The fourth-order valence-corrected chi connectivity index (χ4v) is 9.98. The van der Waals surface area contributed by atoms with E-state index in [-0.39, 0.29) is 67.7 Å². The van der Waals surface area contributed by atoms with Crippen molar-refractivity contribution in [3.63, 3.8) is 0 Å². The molecule has 3 aliphatic heterocycles. The summed E-state index contributed by atoms with van der Waals surface area (Å²) in [4.78, 5) is 71.9. The normalized spacial score (nSPS) is 41.3. The Labute approximate surface area is 391 Å². The van der Waals surface area contributed by atoms with E-state index in [0.717, 1.165) is 4.90 Å². The van der Waals surface area contributed by atoms with Crippen LogP contribution in [-0.2, 0) is 47.7 Å². The van der Waals surface area contributed by atoms with Crippen molar-refractivity contribution in [1.29, 1.82) is 0 Å². The van der Waals surface area contributed by atoms with Gasteiger partial charge in [0, 0.05) is 58.4 Å². The fourth-order valence-electron chi connectivity index (χ4n) is 9.98. The number of methoxy groups -OCH3 is 3. The van der Waals surface area contributed by atoms with E-state index in [1.807, 2.05) is 19.9 Å². The number of ether oxygens (including phenoxy) is 5. The number of nitrogens with zero attached hydrogens (tertiary/aromatic N) is 1. The Morgan fingerprint density at radius 1 is 0.892 bits per heavy atom. The van der Waals surface area contributed by atoms with Crippen LogP contribution in [0.4, 0.5) is 0 Å². The van der Waals surface area contributed by atoms with Gasteiger partial charge in [-0.3, -0.25) is 19.2 Å². The maximum atomic E-state index is 14.4. The number of Topliss-reactive ketones (excluding diaryl/α,β-unsaturated/α-hetero) is 3. The average molecular weight is 917 g/mol. The second kappa shape index (κ2) is 25.1. The van der Waals surface area contributed by atoms with Gasteiger partial charge in [-0.05, 0) is 107 Å². The van der Waals surface area contributed by atoms with Gasteiger partial charge in [0.15, 0.2) is 5.78 Å². The molecule has 0 spiro atoms. The highest BCUT2D eigenvalue weighted by Crippen LogP contribution is 2.38. The molecular weight excluding hydrogens is 835 g/mol. The van der Waals surface area contributed by atoms with Crippen LogP contribution in [0.2, 0.25) is 0 Å². The number of piperidine rings is 1. The second-order valence-electron chi connectivity index (χ2n) is 19.5. The van der Waals surface area contributed by atoms with Gasteiger partial charge in [0.1, 0.15) is 30.1 Å². The van der Waals surface area contributed by atoms with Gasteiger partial charge in [-0.15, -0.1) is 0 Å². The third kappa shape index (κ3) is 14.3. The number of rotatable bonds is 6. The first-order valence-corrected chi connectivity index (χ1v) is 23.7. The Hall–Kier alpha value is -3.37. The average Bonchev–Trinajstić information content (AvgIpc) is 3.28. The number of amides is 1. The summed E-state index contributed by atoms with van der Waals surface area (Å²) in [5.41, 5.74) is 0.882. The predicted molar refractivity (Wildman–Crippen MR) is 245 cm³/mol. The minimum atomic E-state index is -2.80. The highest BCUT2D eigenvalue weighted by atomic mass is 16.6. The smallest absolute Gasteiger partial charge is 0.329 e. The number of carbonyl (C=O) groups excluding carboxylic acids is 5. The van der Waals surface area contributed by atoms with Crippen LogP contribution >= 0.6 is 0 Å². The third-order valence-electron chi connectivity index (χ3n) is 14.3. The molecule has 0 aromatic carbocycles. The maximum Gasteiger partial charge on any atom is 0.329 e. The number of aliphatic hydroxyl groups excluding tert-OH is 2. The largest absolute Gasteiger partial charge is 0.460 e. The fraction of sp³-hybridized carbons (Fsp3) is 0.745. The monoisotopic (exact) mass is 917 g/mol. The van der Waals surface area contributed by atoms with E-state index in [0.29, 0.717) is 62.5 Å². The SMILES string of the molecule is [2H]C([2H])([2H])O[C@@H]1C[C@@H]2CC[C@@H](C)[C@@](O)(O2)C(=O)C(=O)N2CCCC[C@H]2C(=O)O[C@H]([C@H](C)C[C@@H]2CC[C@@H](O)[C@H](OC)C2)CC(=O)[C@H](C)/C=C(\C)[C@@H](O)[C@@H](OC)C(=O)[C@H](C)C[C@H](C)\C=C/C=C/C=C/1C. The standard InChI is InChI=1S/C51H79NO13/c1-30-16-12-11-13-17-31(2)42(61-8)28-38-21-19-36(7)51(60,65-38)48(57)49(58)52-23-15-14-18-39(52)50(59)64-43(33(4)26-37-20-22-40(53)44(27-37)62-9)29-41(54)32(3)25-35(6)46(56)47(63-10)45(55)34(5)24-30/h11-13,16-17,25,30,32-34,36-40,42-44,46-47,53,56,60H,14-15,18-24,26-29H2,1-10H3/b13-11+,16-12-,31-17+,35-25+/t30-,32-,33-,34-,36-,37+,38+,39+,40-,42-,43+,44-,46-,47+,51-/m1/s1/i8D3. The van der Waals surface area contributed by atoms with Gasteiger partial charge in [-0.2, -0.15) is 0 Å². The molecule has 366 valence electrons. The number of carbonyl (C=O) groups is 5. The number of aliphatic hydroxyl groups is 3. The zero-order valence-electron chi connectivity index (χ0n) is 43.1. The molecule has 65 heavy (non-hydrogen) atoms. The Morgan fingerprint density at radius 3 is 2.32 bits per heavy atom. The molecule has 4 aliphatic rings. The predicted octanol–water partition coefficient (Wildman–Crippen LogP) is 6.18. The molecule has 3 fully saturated rings. The Morgan fingerprint density at radius 2 is 1.63 bits per heavy atom. The van der Waals surface area contributed by atoms with Gasteiger partial charge in [-0.1, -0.05) is 71.1 Å². The summed E-state index contributed by atoms with van der Waals surface area (Å²) in [6.45, 7) is 12.2. The first-order valence-electron chi connectivity index (χ1n) is 25.2. The van der Waals surface area contributed by atoms with Crippen molar-refractivity contribution in [2.75, 3.05) is 27.8 Å². The van der Waals surface area contributed by atoms with Gasteiger partial charge in [0.25, 0.3) is 11.7 Å². The molecule has 3 heterocycles. The Bertz CT molecular complexity index is 1870. The minimum Gasteiger partial charge on any atom is -0.460 e. The molecule has 0 unspecified atom stereocenters. The van der Waals surface area contributed by atoms with Gasteiger partial charge >= 0.3 is 5.97 Å². The molecule has 1 aliphatic carbocycles. The lowest BCUT2D eigenvalue weighted by Crippen LogP contribution is -2.61. The van der Waals surface area contributed by atoms with Crippen molar-refractivity contribution in [1.82, 2.24) is 4.90 Å². The lowest BCUT2D eigenvalue weighted by Gasteiger charge is -2.42. The third-order valence-corrected chi connectivity index (χ3v) is 14.3. The van der Waals surface area contributed by atoms with Crippen molar-refractivity contribution in [2.24, 2.45) is 35.5 Å². The van der Waals surface area contributed by atoms with Gasteiger partial charge in [0.2, 0.25) is 5.79 Å². The Balaban J connectivity index is 1.73. The summed E-state index contributed by atoms with van der Waals surface area (Å²) in [6.07, 6.45) is 8.32. The van der Waals surface area contributed by atoms with Crippen LogP contribution in [-0.4, -0.2) is 132 Å². The van der Waals surface area contributed by atoms with Crippen LogP contribution in [0, 0.1) is 35.5 Å². The number of ketones is 3. The topological polar surface area (TPSA) is 195 Å². The summed E-state index contributed by atoms with van der Waals surface area (Å²) in [6, 6.07) is -1.21. The van der Waals surface area contributed by atoms with Crippen LogP contribution in [0.1, 0.15) is 130 Å². The minimum absolute atomic E-state index is 0.0213. The van der Waals surface area contributed by atoms with E-state index in [9.17, 15) is 39.3 Å².